The number of hydrogen-bond acceptors (Lipinski definition) is 3. The second kappa shape index (κ2) is 6.06. The van der Waals surface area contributed by atoms with Crippen molar-refractivity contribution in [1.29, 1.82) is 0 Å². The van der Waals surface area contributed by atoms with Crippen molar-refractivity contribution in [1.82, 2.24) is 4.31 Å². The first-order chi connectivity index (χ1) is 11.6. The second-order valence-corrected chi connectivity index (χ2v) is 8.65. The Hall–Kier alpha value is -1.46. The number of carbonyl (C=O) groups is 1. The molecule has 3 rings (SSSR count). The van der Waals surface area contributed by atoms with Gasteiger partial charge in [-0.3, -0.25) is 4.79 Å². The molecule has 1 aliphatic heterocycles. The molecule has 0 saturated carbocycles. The lowest BCUT2D eigenvalue weighted by Gasteiger charge is -2.36. The summed E-state index contributed by atoms with van der Waals surface area (Å²) in [6.45, 7) is -0.421. The first-order valence-corrected chi connectivity index (χ1v) is 9.57. The highest BCUT2D eigenvalue weighted by Gasteiger charge is 2.59. The predicted octanol–water partition coefficient (Wildman–Crippen LogP) is 3.43. The Morgan fingerprint density at radius 3 is 2.20 bits per heavy atom. The van der Waals surface area contributed by atoms with Gasteiger partial charge in [-0.2, -0.15) is 17.5 Å². The maximum Gasteiger partial charge on any atom is 0.511 e. The molecule has 132 valence electrons. The van der Waals surface area contributed by atoms with Crippen molar-refractivity contribution in [3.63, 3.8) is 0 Å². The molecular formula is C16H11F3INO3S. The number of allylic oxidation sites excluding steroid dienone is 2. The Kier molecular flexibility index (Phi) is 4.44. The minimum Gasteiger partial charge on any atom is -0.290 e. The molecule has 0 fully saturated rings. The first kappa shape index (κ1) is 18.3. The van der Waals surface area contributed by atoms with Crippen molar-refractivity contribution in [2.45, 2.75) is 11.0 Å². The largest absolute Gasteiger partial charge is 0.511 e. The van der Waals surface area contributed by atoms with Crippen LogP contribution in [-0.4, -0.2) is 36.1 Å². The SMILES string of the molecule is [16O]=S(=[16O])(N1CC(I)=C(c2ccccc2)C12C=CC(=[18O])C=C2)C(F)(F)F. The van der Waals surface area contributed by atoms with Crippen molar-refractivity contribution >= 4 is 44.0 Å². The summed E-state index contributed by atoms with van der Waals surface area (Å²) in [6, 6.07) is 8.55. The van der Waals surface area contributed by atoms with E-state index in [0.717, 1.165) is 12.2 Å². The summed E-state index contributed by atoms with van der Waals surface area (Å²) in [5, 5.41) is 0. The van der Waals surface area contributed by atoms with E-state index in [1.54, 1.807) is 30.3 Å². The fourth-order valence-electron chi connectivity index (χ4n) is 2.94. The van der Waals surface area contributed by atoms with Crippen LogP contribution in [-0.2, 0) is 14.8 Å². The van der Waals surface area contributed by atoms with Gasteiger partial charge in [0.15, 0.2) is 5.78 Å². The van der Waals surface area contributed by atoms with E-state index in [1.807, 2.05) is 22.6 Å². The minimum absolute atomic E-state index is 0.392. The highest BCUT2D eigenvalue weighted by Crippen LogP contribution is 2.49. The molecule has 0 unspecified atom stereocenters. The van der Waals surface area contributed by atoms with Gasteiger partial charge in [0.05, 0.1) is 0 Å². The summed E-state index contributed by atoms with van der Waals surface area (Å²) in [7, 11) is -5.60. The number of sulfonamides is 1. The quantitative estimate of drug-likeness (QED) is 0.479. The van der Waals surface area contributed by atoms with Crippen LogP contribution in [0.25, 0.3) is 5.57 Å². The fraction of sp³-hybridized carbons (Fsp3) is 0.188. The van der Waals surface area contributed by atoms with Gasteiger partial charge >= 0.3 is 15.5 Å². The zero-order valence-corrected chi connectivity index (χ0v) is 15.5. The summed E-state index contributed by atoms with van der Waals surface area (Å²) in [5.41, 5.74) is -6.11. The van der Waals surface area contributed by atoms with Gasteiger partial charge in [0.1, 0.15) is 5.54 Å². The van der Waals surface area contributed by atoms with E-state index < -0.39 is 33.4 Å². The van der Waals surface area contributed by atoms with Crippen molar-refractivity contribution < 1.29 is 26.4 Å². The van der Waals surface area contributed by atoms with Crippen LogP contribution >= 0.6 is 22.6 Å². The van der Waals surface area contributed by atoms with Gasteiger partial charge in [-0.05, 0) is 45.9 Å². The van der Waals surface area contributed by atoms with Gasteiger partial charge in [0.2, 0.25) is 0 Å². The molecule has 2 aliphatic rings. The van der Waals surface area contributed by atoms with E-state index in [0.29, 0.717) is 19.0 Å². The van der Waals surface area contributed by atoms with Crippen LogP contribution in [0.5, 0.6) is 0 Å². The summed E-state index contributed by atoms with van der Waals surface area (Å²) in [4.78, 5) is 11.5. The second-order valence-electron chi connectivity index (χ2n) is 5.50. The molecule has 0 bridgehead atoms. The summed E-state index contributed by atoms with van der Waals surface area (Å²) >= 11 is 1.85. The molecule has 0 aromatic heterocycles. The van der Waals surface area contributed by atoms with Gasteiger partial charge < -0.3 is 0 Å². The van der Waals surface area contributed by atoms with Crippen LogP contribution in [0.1, 0.15) is 5.56 Å². The standard InChI is InChI=1S/C16H11F3INO3S/c17-16(18,19)25(23,24)21-10-13(20)14(11-4-2-1-3-5-11)15(21)8-6-12(22)7-9-15/h1-9H,10H2/i22+2,23+0,24+0. The van der Waals surface area contributed by atoms with E-state index in [2.05, 4.69) is 0 Å². The third-order valence-corrected chi connectivity index (χ3v) is 6.49. The van der Waals surface area contributed by atoms with Crippen LogP contribution in [0.2, 0.25) is 0 Å². The van der Waals surface area contributed by atoms with E-state index in [9.17, 15) is 26.4 Å². The van der Waals surface area contributed by atoms with Gasteiger partial charge in [0, 0.05) is 10.1 Å². The van der Waals surface area contributed by atoms with Gasteiger partial charge in [0.25, 0.3) is 0 Å². The normalized spacial score (nSPS) is 20.7. The van der Waals surface area contributed by atoms with Crippen LogP contribution in [0, 0.1) is 0 Å². The van der Waals surface area contributed by atoms with Crippen molar-refractivity contribution in [2.75, 3.05) is 6.54 Å². The molecule has 1 aliphatic carbocycles. The van der Waals surface area contributed by atoms with E-state index >= 15 is 0 Å². The highest BCUT2D eigenvalue weighted by atomic mass is 127. The van der Waals surface area contributed by atoms with E-state index in [-0.39, 0.29) is 0 Å². The number of hydrogen-bond donors (Lipinski definition) is 0. The lowest BCUT2D eigenvalue weighted by atomic mass is 9.83. The van der Waals surface area contributed by atoms with Crippen LogP contribution < -0.4 is 0 Å². The Morgan fingerprint density at radius 1 is 1.12 bits per heavy atom. The molecule has 0 amide bonds. The molecule has 0 radical (unpaired) electrons. The maximum absolute atomic E-state index is 13.2. The number of carbonyl (C=O) groups excluding carboxylic acids is 1. The number of rotatable bonds is 2. The van der Waals surface area contributed by atoms with Crippen molar-refractivity contribution in [2.24, 2.45) is 0 Å². The number of nitrogens with zero attached hydrogens (tertiary/aromatic N) is 1. The van der Waals surface area contributed by atoms with E-state index in [4.69, 9.17) is 0 Å². The zero-order chi connectivity index (χ0) is 18.5. The van der Waals surface area contributed by atoms with Crippen LogP contribution in [0.15, 0.2) is 58.2 Å². The fourth-order valence-corrected chi connectivity index (χ4v) is 5.42. The summed E-state index contributed by atoms with van der Waals surface area (Å²) in [6.07, 6.45) is 4.62. The van der Waals surface area contributed by atoms with Crippen LogP contribution in [0.4, 0.5) is 13.2 Å². The van der Waals surface area contributed by atoms with Gasteiger partial charge in [-0.25, -0.2) is 8.42 Å². The zero-order valence-electron chi connectivity index (χ0n) is 12.5. The molecule has 1 heterocycles. The third-order valence-electron chi connectivity index (χ3n) is 4.02. The molecule has 9 heteroatoms. The van der Waals surface area contributed by atoms with Crippen molar-refractivity contribution in [3.05, 3.63) is 63.8 Å². The number of ketones is 1. The van der Waals surface area contributed by atoms with Gasteiger partial charge in [-0.15, -0.1) is 0 Å². The molecule has 0 saturated heterocycles. The lowest BCUT2D eigenvalue weighted by Crippen LogP contribution is -2.51. The Labute approximate surface area is 155 Å². The topological polar surface area (TPSA) is 54.5 Å². The van der Waals surface area contributed by atoms with E-state index in [1.165, 1.54) is 12.2 Å². The maximum atomic E-state index is 13.2. The number of halogens is 4. The average Bonchev–Trinajstić information content (AvgIpc) is 2.83. The molecule has 1 spiro atoms. The molecule has 0 N–H and O–H groups in total. The monoisotopic (exact) mass is 483 g/mol. The first-order valence-electron chi connectivity index (χ1n) is 7.06. The average molecular weight is 483 g/mol. The smallest absolute Gasteiger partial charge is 0.290 e. The lowest BCUT2D eigenvalue weighted by molar-refractivity contribution is -0.110. The summed E-state index contributed by atoms with van der Waals surface area (Å²) < 4.78 is 64.7. The van der Waals surface area contributed by atoms with Crippen LogP contribution in [0.3, 0.4) is 0 Å². The molecular weight excluding hydrogens is 472 g/mol. The van der Waals surface area contributed by atoms with Gasteiger partial charge in [-0.1, -0.05) is 42.5 Å². The Balaban J connectivity index is 2.25. The summed E-state index contributed by atoms with van der Waals surface area (Å²) in [5.74, 6) is -0.413. The third kappa shape index (κ3) is 2.87. The Morgan fingerprint density at radius 2 is 1.68 bits per heavy atom. The molecule has 1 aromatic rings. The minimum atomic E-state index is -5.60. The molecule has 25 heavy (non-hydrogen) atoms. The van der Waals surface area contributed by atoms with Crippen molar-refractivity contribution in [3.8, 4) is 0 Å². The highest BCUT2D eigenvalue weighted by molar-refractivity contribution is 14.1. The molecule has 1 aromatic carbocycles. The predicted molar refractivity (Wildman–Crippen MR) is 95.1 cm³/mol. The molecule has 4 nitrogen and oxygen atoms in total. The molecule has 0 atom stereocenters. The number of alkyl halides is 3. The number of benzene rings is 1. The Bertz CT molecular complexity index is 902.